The van der Waals surface area contributed by atoms with E-state index in [1.54, 1.807) is 4.90 Å². The van der Waals surface area contributed by atoms with E-state index in [1.807, 2.05) is 17.3 Å². The van der Waals surface area contributed by atoms with Crippen LogP contribution in [0.25, 0.3) is 0 Å². The molecule has 0 radical (unpaired) electrons. The van der Waals surface area contributed by atoms with Crippen molar-refractivity contribution in [1.29, 1.82) is 0 Å². The minimum atomic E-state index is 0.0798. The Kier molecular flexibility index (Phi) is 4.68. The number of hydrogen-bond donors (Lipinski definition) is 0. The predicted molar refractivity (Wildman–Crippen MR) is 87.0 cm³/mol. The van der Waals surface area contributed by atoms with E-state index in [1.165, 1.54) is 0 Å². The molecule has 126 valence electrons. The second kappa shape index (κ2) is 6.72. The van der Waals surface area contributed by atoms with Gasteiger partial charge >= 0.3 is 0 Å². The van der Waals surface area contributed by atoms with Crippen LogP contribution in [-0.2, 0) is 9.59 Å². The SMILES string of the molecule is CC(C)c1nccn1[C@H]1CCCN(C(=O)CN2CCCC2=O)C1. The highest BCUT2D eigenvalue weighted by atomic mass is 16.2. The smallest absolute Gasteiger partial charge is 0.242 e. The summed E-state index contributed by atoms with van der Waals surface area (Å²) in [6.45, 7) is 6.76. The largest absolute Gasteiger partial charge is 0.339 e. The van der Waals surface area contributed by atoms with Crippen molar-refractivity contribution in [2.24, 2.45) is 0 Å². The third kappa shape index (κ3) is 3.41. The lowest BCUT2D eigenvalue weighted by Gasteiger charge is -2.35. The van der Waals surface area contributed by atoms with E-state index in [-0.39, 0.29) is 18.4 Å². The second-order valence-corrected chi connectivity index (χ2v) is 6.90. The van der Waals surface area contributed by atoms with Crippen molar-refractivity contribution in [1.82, 2.24) is 19.4 Å². The lowest BCUT2D eigenvalue weighted by atomic mass is 10.0. The fraction of sp³-hybridized carbons (Fsp3) is 0.706. The van der Waals surface area contributed by atoms with Gasteiger partial charge in [-0.2, -0.15) is 0 Å². The number of rotatable bonds is 4. The molecule has 6 nitrogen and oxygen atoms in total. The van der Waals surface area contributed by atoms with E-state index >= 15 is 0 Å². The third-order valence-electron chi connectivity index (χ3n) is 4.86. The van der Waals surface area contributed by atoms with Gasteiger partial charge in [-0.15, -0.1) is 0 Å². The monoisotopic (exact) mass is 318 g/mol. The first-order chi connectivity index (χ1) is 11.1. The molecule has 0 aromatic carbocycles. The summed E-state index contributed by atoms with van der Waals surface area (Å²) in [6, 6.07) is 0.293. The van der Waals surface area contributed by atoms with Crippen molar-refractivity contribution in [3.8, 4) is 0 Å². The molecule has 0 N–H and O–H groups in total. The van der Waals surface area contributed by atoms with Crippen molar-refractivity contribution in [3.63, 3.8) is 0 Å². The number of aromatic nitrogens is 2. The van der Waals surface area contributed by atoms with Gasteiger partial charge in [0.2, 0.25) is 11.8 Å². The summed E-state index contributed by atoms with van der Waals surface area (Å²) in [7, 11) is 0. The maximum absolute atomic E-state index is 12.5. The minimum absolute atomic E-state index is 0.0798. The van der Waals surface area contributed by atoms with Crippen molar-refractivity contribution in [2.75, 3.05) is 26.2 Å². The molecule has 2 aliphatic rings. The summed E-state index contributed by atoms with van der Waals surface area (Å²) >= 11 is 0. The van der Waals surface area contributed by atoms with Gasteiger partial charge in [0, 0.05) is 44.4 Å². The fourth-order valence-corrected chi connectivity index (χ4v) is 3.62. The highest BCUT2D eigenvalue weighted by Gasteiger charge is 2.29. The van der Waals surface area contributed by atoms with Gasteiger partial charge in [-0.1, -0.05) is 13.8 Å². The summed E-state index contributed by atoms with van der Waals surface area (Å²) < 4.78 is 2.23. The van der Waals surface area contributed by atoms with E-state index in [0.717, 1.165) is 44.7 Å². The molecule has 6 heteroatoms. The number of piperidine rings is 1. The first-order valence-electron chi connectivity index (χ1n) is 8.64. The molecular formula is C17H26N4O2. The summed E-state index contributed by atoms with van der Waals surface area (Å²) in [5.74, 6) is 1.65. The minimum Gasteiger partial charge on any atom is -0.339 e. The lowest BCUT2D eigenvalue weighted by Crippen LogP contribution is -2.46. The van der Waals surface area contributed by atoms with Crippen LogP contribution in [0.5, 0.6) is 0 Å². The molecule has 2 saturated heterocycles. The number of amides is 2. The lowest BCUT2D eigenvalue weighted by molar-refractivity contribution is -0.139. The highest BCUT2D eigenvalue weighted by Crippen LogP contribution is 2.25. The average Bonchev–Trinajstić information content (AvgIpc) is 3.17. The van der Waals surface area contributed by atoms with E-state index in [2.05, 4.69) is 23.4 Å². The van der Waals surface area contributed by atoms with Crippen molar-refractivity contribution >= 4 is 11.8 Å². The second-order valence-electron chi connectivity index (χ2n) is 6.90. The van der Waals surface area contributed by atoms with E-state index in [9.17, 15) is 9.59 Å². The summed E-state index contributed by atoms with van der Waals surface area (Å²) in [5.41, 5.74) is 0. The number of carbonyl (C=O) groups is 2. The predicted octanol–water partition coefficient (Wildman–Crippen LogP) is 1.79. The Bertz CT molecular complexity index is 581. The number of carbonyl (C=O) groups excluding carboxylic acids is 2. The molecule has 0 aliphatic carbocycles. The maximum Gasteiger partial charge on any atom is 0.242 e. The molecule has 3 heterocycles. The molecule has 1 atom stereocenters. The van der Waals surface area contributed by atoms with Gasteiger partial charge in [-0.05, 0) is 19.3 Å². The van der Waals surface area contributed by atoms with Crippen LogP contribution in [0.3, 0.4) is 0 Å². The molecule has 0 saturated carbocycles. The number of imidazole rings is 1. The zero-order chi connectivity index (χ0) is 16.4. The number of likely N-dealkylation sites (tertiary alicyclic amines) is 2. The quantitative estimate of drug-likeness (QED) is 0.850. The van der Waals surface area contributed by atoms with Crippen LogP contribution in [0.1, 0.15) is 57.3 Å². The first-order valence-corrected chi connectivity index (χ1v) is 8.64. The number of hydrogen-bond acceptors (Lipinski definition) is 3. The molecule has 0 bridgehead atoms. The maximum atomic E-state index is 12.5. The Morgan fingerprint density at radius 1 is 1.35 bits per heavy atom. The van der Waals surface area contributed by atoms with Crippen LogP contribution in [-0.4, -0.2) is 57.3 Å². The van der Waals surface area contributed by atoms with Gasteiger partial charge in [0.25, 0.3) is 0 Å². The van der Waals surface area contributed by atoms with Gasteiger partial charge in [0.15, 0.2) is 0 Å². The normalized spacial score (nSPS) is 22.2. The molecule has 2 aliphatic heterocycles. The van der Waals surface area contributed by atoms with Crippen molar-refractivity contribution in [2.45, 2.75) is 51.5 Å². The van der Waals surface area contributed by atoms with Crippen molar-refractivity contribution in [3.05, 3.63) is 18.2 Å². The Morgan fingerprint density at radius 3 is 2.87 bits per heavy atom. The zero-order valence-corrected chi connectivity index (χ0v) is 14.1. The molecule has 3 rings (SSSR count). The van der Waals surface area contributed by atoms with Gasteiger partial charge in [-0.25, -0.2) is 4.98 Å². The van der Waals surface area contributed by atoms with Gasteiger partial charge < -0.3 is 14.4 Å². The number of nitrogens with zero attached hydrogens (tertiary/aromatic N) is 4. The average molecular weight is 318 g/mol. The Hall–Kier alpha value is -1.85. The first kappa shape index (κ1) is 16.0. The Balaban J connectivity index is 1.64. The fourth-order valence-electron chi connectivity index (χ4n) is 3.62. The van der Waals surface area contributed by atoms with Crippen LogP contribution in [0.2, 0.25) is 0 Å². The molecule has 1 aromatic rings. The standard InChI is InChI=1S/C17H26N4O2/c1-13(2)17-18-7-10-21(17)14-5-3-8-19(11-14)16(23)12-20-9-4-6-15(20)22/h7,10,13-14H,3-6,8-9,11-12H2,1-2H3/t14-/m0/s1. The van der Waals surface area contributed by atoms with Gasteiger partial charge in [0.05, 0.1) is 12.6 Å². The van der Waals surface area contributed by atoms with Gasteiger partial charge in [-0.3, -0.25) is 9.59 Å². The van der Waals surface area contributed by atoms with Crippen LogP contribution < -0.4 is 0 Å². The molecule has 1 aromatic heterocycles. The van der Waals surface area contributed by atoms with Crippen LogP contribution >= 0.6 is 0 Å². The molecule has 2 fully saturated rings. The summed E-state index contributed by atoms with van der Waals surface area (Å²) in [6.07, 6.45) is 7.41. The Morgan fingerprint density at radius 2 is 2.17 bits per heavy atom. The van der Waals surface area contributed by atoms with E-state index < -0.39 is 0 Å². The molecular weight excluding hydrogens is 292 g/mol. The van der Waals surface area contributed by atoms with Crippen LogP contribution in [0.4, 0.5) is 0 Å². The topological polar surface area (TPSA) is 58.4 Å². The van der Waals surface area contributed by atoms with Gasteiger partial charge in [0.1, 0.15) is 5.82 Å². The molecule has 0 unspecified atom stereocenters. The van der Waals surface area contributed by atoms with Crippen molar-refractivity contribution < 1.29 is 9.59 Å². The summed E-state index contributed by atoms with van der Waals surface area (Å²) in [5, 5.41) is 0. The Labute approximate surface area is 137 Å². The third-order valence-corrected chi connectivity index (χ3v) is 4.86. The summed E-state index contributed by atoms with van der Waals surface area (Å²) in [4.78, 5) is 32.3. The zero-order valence-electron chi connectivity index (χ0n) is 14.1. The highest BCUT2D eigenvalue weighted by molar-refractivity contribution is 5.85. The molecule has 23 heavy (non-hydrogen) atoms. The molecule has 0 spiro atoms. The van der Waals surface area contributed by atoms with Crippen LogP contribution in [0.15, 0.2) is 12.4 Å². The van der Waals surface area contributed by atoms with E-state index in [4.69, 9.17) is 0 Å². The molecule has 2 amide bonds. The van der Waals surface area contributed by atoms with E-state index in [0.29, 0.717) is 18.4 Å². The van der Waals surface area contributed by atoms with Crippen LogP contribution in [0, 0.1) is 0 Å².